The second-order valence-electron chi connectivity index (χ2n) is 8.59. The molecule has 1 aliphatic carbocycles. The molecule has 9 heteroatoms. The number of amides is 1. The van der Waals surface area contributed by atoms with Crippen LogP contribution in [0.1, 0.15) is 34.3 Å². The highest BCUT2D eigenvalue weighted by Crippen LogP contribution is 2.37. The van der Waals surface area contributed by atoms with Gasteiger partial charge < -0.3 is 4.90 Å². The van der Waals surface area contributed by atoms with Crippen molar-refractivity contribution in [3.05, 3.63) is 59.3 Å². The third-order valence-electron chi connectivity index (χ3n) is 6.35. The van der Waals surface area contributed by atoms with Gasteiger partial charge in [0.2, 0.25) is 10.0 Å². The number of pyridine rings is 1. The minimum absolute atomic E-state index is 0.0433. The van der Waals surface area contributed by atoms with Crippen molar-refractivity contribution in [2.24, 2.45) is 5.14 Å². The molecular weight excluding hydrogens is 438 g/mol. The maximum atomic E-state index is 12.7. The lowest BCUT2D eigenvalue weighted by atomic mass is 9.85. The molecule has 3 N–H and O–H groups in total. The van der Waals surface area contributed by atoms with E-state index in [0.29, 0.717) is 5.56 Å². The van der Waals surface area contributed by atoms with Gasteiger partial charge in [0.15, 0.2) is 0 Å². The van der Waals surface area contributed by atoms with Gasteiger partial charge in [-0.3, -0.25) is 9.89 Å². The number of sulfonamides is 1. The Balaban J connectivity index is 1.52. The van der Waals surface area contributed by atoms with Crippen molar-refractivity contribution in [2.75, 3.05) is 19.3 Å². The molecule has 1 aliphatic rings. The molecule has 0 atom stereocenters. The van der Waals surface area contributed by atoms with E-state index in [0.717, 1.165) is 53.4 Å². The Hall–Kier alpha value is -3.30. The van der Waals surface area contributed by atoms with Crippen molar-refractivity contribution >= 4 is 37.7 Å². The number of benzene rings is 2. The van der Waals surface area contributed by atoms with Crippen LogP contribution in [0.15, 0.2) is 42.6 Å². The van der Waals surface area contributed by atoms with Crippen LogP contribution in [0.2, 0.25) is 0 Å². The van der Waals surface area contributed by atoms with Crippen molar-refractivity contribution in [1.29, 1.82) is 0 Å². The highest BCUT2D eigenvalue weighted by molar-refractivity contribution is 7.89. The van der Waals surface area contributed by atoms with Crippen LogP contribution in [-0.2, 0) is 22.9 Å². The number of aryl methyl sites for hydroxylation is 1. The summed E-state index contributed by atoms with van der Waals surface area (Å²) < 4.78 is 22.4. The molecule has 0 spiro atoms. The monoisotopic (exact) mass is 463 g/mol. The Kier molecular flexibility index (Phi) is 5.38. The molecule has 2 aromatic carbocycles. The average Bonchev–Trinajstić information content (AvgIpc) is 3.30. The summed E-state index contributed by atoms with van der Waals surface area (Å²) >= 11 is 0. The first-order valence-corrected chi connectivity index (χ1v) is 12.7. The maximum absolute atomic E-state index is 12.7. The lowest BCUT2D eigenvalue weighted by Crippen LogP contribution is -2.33. The van der Waals surface area contributed by atoms with E-state index >= 15 is 0 Å². The fourth-order valence-electron chi connectivity index (χ4n) is 4.64. The van der Waals surface area contributed by atoms with Crippen LogP contribution < -0.4 is 5.14 Å². The summed E-state index contributed by atoms with van der Waals surface area (Å²) in [5.41, 5.74) is 6.99. The SMILES string of the molecule is CN(CCS(N)(=O)=O)C(=O)c1ccc(-c2nc3ccc4[nH]ncc4c3c3c2CCCC3)cc1. The van der Waals surface area contributed by atoms with E-state index in [1.807, 2.05) is 30.5 Å². The molecule has 4 aromatic rings. The van der Waals surface area contributed by atoms with Gasteiger partial charge in [0.25, 0.3) is 5.91 Å². The Morgan fingerprint density at radius 3 is 2.55 bits per heavy atom. The number of rotatable bonds is 5. The molecule has 0 radical (unpaired) electrons. The number of fused-ring (bicyclic) bond motifs is 5. The first-order valence-electron chi connectivity index (χ1n) is 11.0. The van der Waals surface area contributed by atoms with Gasteiger partial charge in [0.1, 0.15) is 0 Å². The molecular formula is C24H25N5O3S. The molecule has 5 rings (SSSR count). The lowest BCUT2D eigenvalue weighted by Gasteiger charge is -2.22. The molecule has 0 bridgehead atoms. The summed E-state index contributed by atoms with van der Waals surface area (Å²) in [6.45, 7) is 0.0433. The zero-order valence-corrected chi connectivity index (χ0v) is 19.2. The average molecular weight is 464 g/mol. The molecule has 0 unspecified atom stereocenters. The first kappa shape index (κ1) is 21.5. The number of nitrogens with one attached hydrogen (secondary N) is 1. The van der Waals surface area contributed by atoms with Crippen LogP contribution >= 0.6 is 0 Å². The fraction of sp³-hybridized carbons (Fsp3) is 0.292. The van der Waals surface area contributed by atoms with E-state index in [9.17, 15) is 13.2 Å². The molecule has 2 aromatic heterocycles. The topological polar surface area (TPSA) is 122 Å². The van der Waals surface area contributed by atoms with Gasteiger partial charge in [0, 0.05) is 35.5 Å². The number of hydrogen-bond acceptors (Lipinski definition) is 5. The van der Waals surface area contributed by atoms with Crippen LogP contribution in [0.3, 0.4) is 0 Å². The van der Waals surface area contributed by atoms with Crippen molar-refractivity contribution in [3.63, 3.8) is 0 Å². The van der Waals surface area contributed by atoms with E-state index in [-0.39, 0.29) is 18.2 Å². The van der Waals surface area contributed by atoms with Gasteiger partial charge in [-0.25, -0.2) is 18.5 Å². The molecule has 0 saturated carbocycles. The zero-order chi connectivity index (χ0) is 23.2. The van der Waals surface area contributed by atoms with Crippen molar-refractivity contribution < 1.29 is 13.2 Å². The Morgan fingerprint density at radius 2 is 1.82 bits per heavy atom. The van der Waals surface area contributed by atoms with Gasteiger partial charge in [-0.2, -0.15) is 5.10 Å². The third kappa shape index (κ3) is 4.09. The van der Waals surface area contributed by atoms with Crippen molar-refractivity contribution in [3.8, 4) is 11.3 Å². The number of nitrogens with zero attached hydrogens (tertiary/aromatic N) is 3. The summed E-state index contributed by atoms with van der Waals surface area (Å²) in [4.78, 5) is 19.1. The Bertz CT molecular complexity index is 1480. The van der Waals surface area contributed by atoms with E-state index in [1.165, 1.54) is 21.4 Å². The number of carbonyl (C=O) groups excluding carboxylic acids is 1. The highest BCUT2D eigenvalue weighted by atomic mass is 32.2. The second kappa shape index (κ2) is 8.24. The molecule has 8 nitrogen and oxygen atoms in total. The number of nitrogens with two attached hydrogens (primary N) is 1. The second-order valence-corrected chi connectivity index (χ2v) is 10.3. The Morgan fingerprint density at radius 1 is 1.09 bits per heavy atom. The standard InChI is InChI=1S/C24H25N5O3S/c1-29(12-13-33(25,31)32)24(30)16-8-6-15(7-9-16)23-18-5-3-2-4-17(18)22-19-14-26-28-20(19)10-11-21(22)27-23/h6-11,14H,2-5,12-13H2,1H3,(H,26,28)(H2,25,31,32). The highest BCUT2D eigenvalue weighted by Gasteiger charge is 2.21. The molecule has 0 aliphatic heterocycles. The summed E-state index contributed by atoms with van der Waals surface area (Å²) in [5, 5.41) is 14.6. The van der Waals surface area contributed by atoms with Gasteiger partial charge in [-0.05, 0) is 61.1 Å². The lowest BCUT2D eigenvalue weighted by molar-refractivity contribution is 0.0803. The smallest absolute Gasteiger partial charge is 0.253 e. The summed E-state index contributed by atoms with van der Waals surface area (Å²) in [6, 6.07) is 11.4. The third-order valence-corrected chi connectivity index (χ3v) is 7.10. The quantitative estimate of drug-likeness (QED) is 0.471. The number of H-pyrrole nitrogens is 1. The van der Waals surface area contributed by atoms with Crippen LogP contribution in [0.25, 0.3) is 33.1 Å². The van der Waals surface area contributed by atoms with Crippen LogP contribution in [0, 0.1) is 0 Å². The molecule has 0 saturated heterocycles. The van der Waals surface area contributed by atoms with Crippen LogP contribution in [0.4, 0.5) is 0 Å². The number of carbonyl (C=O) groups is 1. The zero-order valence-electron chi connectivity index (χ0n) is 18.3. The summed E-state index contributed by atoms with van der Waals surface area (Å²) in [6.07, 6.45) is 6.13. The van der Waals surface area contributed by atoms with Crippen LogP contribution in [0.5, 0.6) is 0 Å². The summed E-state index contributed by atoms with van der Waals surface area (Å²) in [7, 11) is -2.05. The summed E-state index contributed by atoms with van der Waals surface area (Å²) in [5.74, 6) is -0.522. The van der Waals surface area contributed by atoms with E-state index in [1.54, 1.807) is 19.2 Å². The largest absolute Gasteiger partial charge is 0.341 e. The van der Waals surface area contributed by atoms with E-state index < -0.39 is 10.0 Å². The number of aromatic amines is 1. The number of hydrogen-bond donors (Lipinski definition) is 2. The predicted molar refractivity (Wildman–Crippen MR) is 128 cm³/mol. The van der Waals surface area contributed by atoms with E-state index in [2.05, 4.69) is 10.2 Å². The molecule has 0 fully saturated rings. The maximum Gasteiger partial charge on any atom is 0.253 e. The van der Waals surface area contributed by atoms with Gasteiger partial charge >= 0.3 is 0 Å². The fourth-order valence-corrected chi connectivity index (χ4v) is 5.17. The molecule has 170 valence electrons. The van der Waals surface area contributed by atoms with Gasteiger partial charge in [-0.1, -0.05) is 12.1 Å². The molecule has 2 heterocycles. The number of primary sulfonamides is 1. The van der Waals surface area contributed by atoms with Crippen molar-refractivity contribution in [2.45, 2.75) is 25.7 Å². The number of aromatic nitrogens is 3. The first-order chi connectivity index (χ1) is 15.8. The minimum atomic E-state index is -3.62. The van der Waals surface area contributed by atoms with Crippen molar-refractivity contribution in [1.82, 2.24) is 20.1 Å². The van der Waals surface area contributed by atoms with E-state index in [4.69, 9.17) is 10.1 Å². The Labute approximate surface area is 191 Å². The predicted octanol–water partition coefficient (Wildman–Crippen LogP) is 3.02. The van der Waals surface area contributed by atoms with Gasteiger partial charge in [-0.15, -0.1) is 0 Å². The normalized spacial score (nSPS) is 13.9. The van der Waals surface area contributed by atoms with Crippen LogP contribution in [-0.4, -0.2) is 53.8 Å². The molecule has 1 amide bonds. The van der Waals surface area contributed by atoms with Gasteiger partial charge in [0.05, 0.1) is 28.7 Å². The minimum Gasteiger partial charge on any atom is -0.341 e. The molecule has 33 heavy (non-hydrogen) atoms.